The van der Waals surface area contributed by atoms with E-state index in [4.69, 9.17) is 34.8 Å². The summed E-state index contributed by atoms with van der Waals surface area (Å²) < 4.78 is 29.1. The summed E-state index contributed by atoms with van der Waals surface area (Å²) in [5.74, 6) is -1.06. The van der Waals surface area contributed by atoms with E-state index in [9.17, 15) is 18.0 Å². The van der Waals surface area contributed by atoms with Gasteiger partial charge >= 0.3 is 0 Å². The molecule has 1 unspecified atom stereocenters. The molecule has 0 saturated carbocycles. The molecule has 0 aliphatic carbocycles. The number of hydrogen-bond donors (Lipinski definition) is 1. The van der Waals surface area contributed by atoms with Crippen LogP contribution in [0, 0.1) is 0 Å². The largest absolute Gasteiger partial charge is 0.350 e. The second-order valence-corrected chi connectivity index (χ2v) is 14.6. The Balaban J connectivity index is 1.85. The van der Waals surface area contributed by atoms with Gasteiger partial charge in [-0.05, 0) is 68.8 Å². The molecule has 0 saturated heterocycles. The highest BCUT2D eigenvalue weighted by Crippen LogP contribution is 2.30. The predicted octanol–water partition coefficient (Wildman–Crippen LogP) is 7.40. The maximum Gasteiger partial charge on any atom is 0.264 e. The van der Waals surface area contributed by atoms with E-state index in [-0.39, 0.29) is 23.5 Å². The van der Waals surface area contributed by atoms with Crippen LogP contribution in [0.25, 0.3) is 0 Å². The molecule has 0 aliphatic rings. The standard InChI is InChI=1S/C34H34Cl3N3O4S/c1-34(2,3)38-33(42)31(20-24-12-6-4-7-13-24)39(22-28-29(36)18-11-19-30(28)37)32(41)23-40(26-15-10-14-25(35)21-26)45(43,44)27-16-8-5-9-17-27/h4-19,21,31H,20,22-23H2,1-3H3,(H,38,42). The summed E-state index contributed by atoms with van der Waals surface area (Å²) in [6, 6.07) is 27.2. The molecule has 0 spiro atoms. The van der Waals surface area contributed by atoms with E-state index in [1.807, 2.05) is 51.1 Å². The van der Waals surface area contributed by atoms with Crippen molar-refractivity contribution < 1.29 is 18.0 Å². The van der Waals surface area contributed by atoms with Crippen molar-refractivity contribution >= 4 is 62.3 Å². The molecule has 4 aromatic rings. The number of hydrogen-bond acceptors (Lipinski definition) is 4. The van der Waals surface area contributed by atoms with Gasteiger partial charge in [0.2, 0.25) is 11.8 Å². The molecule has 45 heavy (non-hydrogen) atoms. The fraction of sp³-hybridized carbons (Fsp3) is 0.235. The molecular weight excluding hydrogens is 653 g/mol. The molecule has 236 valence electrons. The second-order valence-electron chi connectivity index (χ2n) is 11.5. The van der Waals surface area contributed by atoms with Gasteiger partial charge in [-0.3, -0.25) is 13.9 Å². The first-order chi connectivity index (χ1) is 21.3. The van der Waals surface area contributed by atoms with Crippen LogP contribution < -0.4 is 9.62 Å². The van der Waals surface area contributed by atoms with E-state index in [0.29, 0.717) is 20.6 Å². The summed E-state index contributed by atoms with van der Waals surface area (Å²) >= 11 is 19.4. The Morgan fingerprint density at radius 2 is 1.38 bits per heavy atom. The molecule has 4 rings (SSSR count). The summed E-state index contributed by atoms with van der Waals surface area (Å²) in [6.45, 7) is 4.74. The maximum absolute atomic E-state index is 14.5. The topological polar surface area (TPSA) is 86.8 Å². The van der Waals surface area contributed by atoms with E-state index in [1.54, 1.807) is 54.6 Å². The number of carbonyl (C=O) groups is 2. The van der Waals surface area contributed by atoms with E-state index >= 15 is 0 Å². The molecule has 11 heteroatoms. The van der Waals surface area contributed by atoms with E-state index in [1.165, 1.54) is 23.1 Å². The maximum atomic E-state index is 14.5. The minimum atomic E-state index is -4.25. The highest BCUT2D eigenvalue weighted by atomic mass is 35.5. The number of carbonyl (C=O) groups excluding carboxylic acids is 2. The minimum absolute atomic E-state index is 0.00946. The van der Waals surface area contributed by atoms with Gasteiger partial charge in [0, 0.05) is 39.1 Å². The first-order valence-corrected chi connectivity index (χ1v) is 16.8. The van der Waals surface area contributed by atoms with Gasteiger partial charge in [-0.25, -0.2) is 8.42 Å². The van der Waals surface area contributed by atoms with Crippen molar-refractivity contribution in [3.63, 3.8) is 0 Å². The highest BCUT2D eigenvalue weighted by Gasteiger charge is 2.36. The SMILES string of the molecule is CC(C)(C)NC(=O)C(Cc1ccccc1)N(Cc1c(Cl)cccc1Cl)C(=O)CN(c1cccc(Cl)c1)S(=O)(=O)c1ccccc1. The zero-order valence-corrected chi connectivity index (χ0v) is 28.2. The Morgan fingerprint density at radius 3 is 1.96 bits per heavy atom. The average molecular weight is 687 g/mol. The zero-order chi connectivity index (χ0) is 32.8. The van der Waals surface area contributed by atoms with Crippen molar-refractivity contribution in [3.05, 3.63) is 129 Å². The summed E-state index contributed by atoms with van der Waals surface area (Å²) in [4.78, 5) is 29.8. The van der Waals surface area contributed by atoms with Gasteiger partial charge in [0.05, 0.1) is 10.6 Å². The molecule has 1 N–H and O–H groups in total. The third-order valence-electron chi connectivity index (χ3n) is 6.87. The van der Waals surface area contributed by atoms with Crippen LogP contribution in [0.4, 0.5) is 5.69 Å². The van der Waals surface area contributed by atoms with Crippen LogP contribution >= 0.6 is 34.8 Å². The Kier molecular flexibility index (Phi) is 11.2. The molecule has 0 aliphatic heterocycles. The Hall–Kier alpha value is -3.56. The summed E-state index contributed by atoms with van der Waals surface area (Å²) in [5, 5.41) is 3.89. The quantitative estimate of drug-likeness (QED) is 0.178. The summed E-state index contributed by atoms with van der Waals surface area (Å²) in [6.07, 6.45) is 0.152. The first-order valence-electron chi connectivity index (χ1n) is 14.2. The number of anilines is 1. The van der Waals surface area contributed by atoms with Crippen LogP contribution in [0.1, 0.15) is 31.9 Å². The number of rotatable bonds is 11. The van der Waals surface area contributed by atoms with Crippen molar-refractivity contribution in [1.29, 1.82) is 0 Å². The van der Waals surface area contributed by atoms with Gasteiger partial charge in [0.25, 0.3) is 10.0 Å². The van der Waals surface area contributed by atoms with Gasteiger partial charge in [-0.2, -0.15) is 0 Å². The molecule has 0 aromatic heterocycles. The van der Waals surface area contributed by atoms with Gasteiger partial charge in [0.15, 0.2) is 0 Å². The lowest BCUT2D eigenvalue weighted by Crippen LogP contribution is -2.56. The molecule has 0 heterocycles. The van der Waals surface area contributed by atoms with Gasteiger partial charge in [-0.1, -0.05) is 95.5 Å². The molecule has 2 amide bonds. The number of benzene rings is 4. The zero-order valence-electron chi connectivity index (χ0n) is 25.1. The lowest BCUT2D eigenvalue weighted by Gasteiger charge is -2.35. The van der Waals surface area contributed by atoms with E-state index < -0.39 is 40.0 Å². The summed E-state index contributed by atoms with van der Waals surface area (Å²) in [5.41, 5.74) is 0.801. The molecule has 7 nitrogen and oxygen atoms in total. The van der Waals surface area contributed by atoms with Gasteiger partial charge < -0.3 is 10.2 Å². The molecule has 0 fully saturated rings. The van der Waals surface area contributed by atoms with Crippen molar-refractivity contribution in [1.82, 2.24) is 10.2 Å². The normalized spacial score (nSPS) is 12.3. The number of amides is 2. The van der Waals surface area contributed by atoms with Crippen LogP contribution in [0.15, 0.2) is 108 Å². The Bertz CT molecular complexity index is 1730. The molecule has 1 atom stereocenters. The van der Waals surface area contributed by atoms with Gasteiger partial charge in [0.1, 0.15) is 12.6 Å². The van der Waals surface area contributed by atoms with Crippen LogP contribution in [0.3, 0.4) is 0 Å². The fourth-order valence-corrected chi connectivity index (χ4v) is 6.87. The van der Waals surface area contributed by atoms with Crippen LogP contribution in [-0.4, -0.2) is 43.3 Å². The lowest BCUT2D eigenvalue weighted by molar-refractivity contribution is -0.140. The van der Waals surface area contributed by atoms with Crippen LogP contribution in [0.5, 0.6) is 0 Å². The Morgan fingerprint density at radius 1 is 0.800 bits per heavy atom. The third kappa shape index (κ3) is 9.01. The highest BCUT2D eigenvalue weighted by molar-refractivity contribution is 7.92. The number of sulfonamides is 1. The van der Waals surface area contributed by atoms with Crippen molar-refractivity contribution in [2.75, 3.05) is 10.8 Å². The van der Waals surface area contributed by atoms with E-state index in [2.05, 4.69) is 5.32 Å². The third-order valence-corrected chi connectivity index (χ3v) is 9.60. The van der Waals surface area contributed by atoms with Crippen molar-refractivity contribution in [2.24, 2.45) is 0 Å². The average Bonchev–Trinajstić information content (AvgIpc) is 2.99. The fourth-order valence-electron chi connectivity index (χ4n) is 4.74. The lowest BCUT2D eigenvalue weighted by atomic mass is 10.0. The number of halogens is 3. The van der Waals surface area contributed by atoms with Crippen LogP contribution in [-0.2, 0) is 32.6 Å². The van der Waals surface area contributed by atoms with Crippen molar-refractivity contribution in [2.45, 2.75) is 50.2 Å². The minimum Gasteiger partial charge on any atom is -0.350 e. The molecule has 0 radical (unpaired) electrons. The van der Waals surface area contributed by atoms with Gasteiger partial charge in [-0.15, -0.1) is 0 Å². The molecule has 0 bridgehead atoms. The molecular formula is C34H34Cl3N3O4S. The smallest absolute Gasteiger partial charge is 0.264 e. The number of nitrogens with one attached hydrogen (secondary N) is 1. The first kappa shape index (κ1) is 34.3. The monoisotopic (exact) mass is 685 g/mol. The number of nitrogens with zero attached hydrogens (tertiary/aromatic N) is 2. The van der Waals surface area contributed by atoms with Crippen LogP contribution in [0.2, 0.25) is 15.1 Å². The molecule has 4 aromatic carbocycles. The van der Waals surface area contributed by atoms with Crippen molar-refractivity contribution in [3.8, 4) is 0 Å². The predicted molar refractivity (Wildman–Crippen MR) is 181 cm³/mol. The summed E-state index contributed by atoms with van der Waals surface area (Å²) in [7, 11) is -4.25. The second kappa shape index (κ2) is 14.7. The van der Waals surface area contributed by atoms with E-state index in [0.717, 1.165) is 9.87 Å². The Labute approximate surface area is 279 Å².